The third-order valence-corrected chi connectivity index (χ3v) is 4.15. The number of para-hydroxylation sites is 1. The molecule has 0 saturated carbocycles. The van der Waals surface area contributed by atoms with Crippen LogP contribution in [0.5, 0.6) is 5.75 Å². The molecule has 27 heavy (non-hydrogen) atoms. The molecule has 2 aromatic carbocycles. The largest absolute Gasteiger partial charge is 0.469 e. The molecule has 9 nitrogen and oxygen atoms in total. The summed E-state index contributed by atoms with van der Waals surface area (Å²) < 4.78 is 5.66. The van der Waals surface area contributed by atoms with Crippen LogP contribution < -0.4 is 10.1 Å². The zero-order valence-electron chi connectivity index (χ0n) is 14.3. The Kier molecular flexibility index (Phi) is 5.04. The number of nitrogens with one attached hydrogen (secondary N) is 1. The molecule has 140 valence electrons. The van der Waals surface area contributed by atoms with Gasteiger partial charge in [-0.1, -0.05) is 18.2 Å². The second-order valence-corrected chi connectivity index (χ2v) is 6.03. The van der Waals surface area contributed by atoms with Crippen LogP contribution >= 0.6 is 0 Å². The number of carbonyl (C=O) groups excluding carboxylic acids is 2. The van der Waals surface area contributed by atoms with Gasteiger partial charge in [-0.05, 0) is 31.2 Å². The van der Waals surface area contributed by atoms with E-state index in [1.165, 1.54) is 31.2 Å². The molecule has 3 rings (SSSR count). The second-order valence-electron chi connectivity index (χ2n) is 6.03. The van der Waals surface area contributed by atoms with Gasteiger partial charge in [0, 0.05) is 17.8 Å². The van der Waals surface area contributed by atoms with E-state index < -0.39 is 35.1 Å². The molecule has 2 aromatic rings. The van der Waals surface area contributed by atoms with Crippen LogP contribution in [0, 0.1) is 16.0 Å². The lowest BCUT2D eigenvalue weighted by Crippen LogP contribution is -2.69. The molecule has 3 unspecified atom stereocenters. The summed E-state index contributed by atoms with van der Waals surface area (Å²) in [5.74, 6) is -1.24. The molecule has 3 amide bonds. The number of anilines is 1. The second kappa shape index (κ2) is 7.42. The number of imide groups is 1. The van der Waals surface area contributed by atoms with Gasteiger partial charge in [-0.15, -0.1) is 0 Å². The topological polar surface area (TPSA) is 122 Å². The van der Waals surface area contributed by atoms with Gasteiger partial charge in [0.05, 0.1) is 11.0 Å². The standard InChI is InChI=1S/C18H17N3O6/c1-11(22)15-16(23)20(18(24)19-12-5-3-2-4-6-12)17(15)27-14-9-7-13(8-10-14)21(25)26/h2-11,15,17,22H,1H3,(H,19,24). The van der Waals surface area contributed by atoms with Gasteiger partial charge in [-0.3, -0.25) is 14.9 Å². The fourth-order valence-electron chi connectivity index (χ4n) is 2.76. The highest BCUT2D eigenvalue weighted by Gasteiger charge is 2.55. The zero-order valence-corrected chi connectivity index (χ0v) is 14.3. The van der Waals surface area contributed by atoms with Crippen molar-refractivity contribution in [3.05, 3.63) is 64.7 Å². The minimum absolute atomic E-state index is 0.113. The number of nitro benzene ring substituents is 1. The lowest BCUT2D eigenvalue weighted by atomic mass is 9.91. The van der Waals surface area contributed by atoms with Crippen LogP contribution in [0.15, 0.2) is 54.6 Å². The predicted octanol–water partition coefficient (Wildman–Crippen LogP) is 2.37. The maximum absolute atomic E-state index is 12.5. The number of nitro groups is 1. The van der Waals surface area contributed by atoms with Gasteiger partial charge in [0.2, 0.25) is 5.91 Å². The van der Waals surface area contributed by atoms with Crippen molar-refractivity contribution < 1.29 is 24.4 Å². The molecule has 1 saturated heterocycles. The number of aliphatic hydroxyl groups is 1. The van der Waals surface area contributed by atoms with Gasteiger partial charge in [0.1, 0.15) is 11.7 Å². The number of carbonyl (C=O) groups is 2. The average Bonchev–Trinajstić information content (AvgIpc) is 2.62. The summed E-state index contributed by atoms with van der Waals surface area (Å²) in [6.45, 7) is 1.43. The molecule has 1 fully saturated rings. The minimum atomic E-state index is -1.03. The molecule has 0 spiro atoms. The van der Waals surface area contributed by atoms with Gasteiger partial charge in [-0.2, -0.15) is 0 Å². The van der Waals surface area contributed by atoms with Crippen LogP contribution in [0.25, 0.3) is 0 Å². The number of non-ortho nitro benzene ring substituents is 1. The lowest BCUT2D eigenvalue weighted by Gasteiger charge is -2.45. The molecule has 0 bridgehead atoms. The van der Waals surface area contributed by atoms with Crippen LogP contribution in [0.3, 0.4) is 0 Å². The molecule has 0 aliphatic carbocycles. The Labute approximate surface area is 154 Å². The zero-order chi connectivity index (χ0) is 19.6. The van der Waals surface area contributed by atoms with Crippen molar-refractivity contribution >= 4 is 23.3 Å². The normalized spacial score (nSPS) is 19.8. The van der Waals surface area contributed by atoms with Crippen LogP contribution in [-0.2, 0) is 4.79 Å². The lowest BCUT2D eigenvalue weighted by molar-refractivity contribution is -0.384. The van der Waals surface area contributed by atoms with Gasteiger partial charge < -0.3 is 15.2 Å². The number of ether oxygens (including phenoxy) is 1. The summed E-state index contributed by atoms with van der Waals surface area (Å²) in [6.07, 6.45) is -2.05. The van der Waals surface area contributed by atoms with Crippen molar-refractivity contribution in [1.29, 1.82) is 0 Å². The van der Waals surface area contributed by atoms with Crippen molar-refractivity contribution in [3.63, 3.8) is 0 Å². The molecular weight excluding hydrogens is 354 g/mol. The minimum Gasteiger partial charge on any atom is -0.469 e. The first kappa shape index (κ1) is 18.3. The fraction of sp³-hybridized carbons (Fsp3) is 0.222. The highest BCUT2D eigenvalue weighted by molar-refractivity contribution is 6.06. The van der Waals surface area contributed by atoms with Crippen molar-refractivity contribution in [1.82, 2.24) is 4.90 Å². The van der Waals surface area contributed by atoms with E-state index in [4.69, 9.17) is 4.74 Å². The number of likely N-dealkylation sites (tertiary alicyclic amines) is 1. The molecule has 3 atom stereocenters. The fourth-order valence-corrected chi connectivity index (χ4v) is 2.76. The number of aliphatic hydroxyl groups excluding tert-OH is 1. The SMILES string of the molecule is CC(O)C1C(=O)N(C(=O)Nc2ccccc2)C1Oc1ccc([N+](=O)[O-])cc1. The van der Waals surface area contributed by atoms with E-state index in [1.807, 2.05) is 0 Å². The first-order valence-corrected chi connectivity index (χ1v) is 8.17. The van der Waals surface area contributed by atoms with Gasteiger partial charge in [0.25, 0.3) is 5.69 Å². The number of rotatable bonds is 5. The highest BCUT2D eigenvalue weighted by Crippen LogP contribution is 2.33. The van der Waals surface area contributed by atoms with Crippen molar-refractivity contribution in [2.75, 3.05) is 5.32 Å². The van der Waals surface area contributed by atoms with E-state index in [-0.39, 0.29) is 11.4 Å². The molecule has 9 heteroatoms. The third kappa shape index (κ3) is 3.72. The Bertz CT molecular complexity index is 853. The van der Waals surface area contributed by atoms with Crippen molar-refractivity contribution in [3.8, 4) is 5.75 Å². The Hall–Kier alpha value is -3.46. The molecule has 1 heterocycles. The Morgan fingerprint density at radius 3 is 2.41 bits per heavy atom. The number of urea groups is 1. The summed E-state index contributed by atoms with van der Waals surface area (Å²) in [5, 5.41) is 23.2. The van der Waals surface area contributed by atoms with Crippen LogP contribution in [0.1, 0.15) is 6.92 Å². The van der Waals surface area contributed by atoms with Crippen LogP contribution in [0.2, 0.25) is 0 Å². The van der Waals surface area contributed by atoms with E-state index in [0.717, 1.165) is 4.90 Å². The maximum atomic E-state index is 12.5. The smallest absolute Gasteiger partial charge is 0.331 e. The third-order valence-electron chi connectivity index (χ3n) is 4.15. The van der Waals surface area contributed by atoms with E-state index in [2.05, 4.69) is 5.32 Å². The molecule has 1 aliphatic rings. The predicted molar refractivity (Wildman–Crippen MR) is 95.0 cm³/mol. The van der Waals surface area contributed by atoms with Crippen molar-refractivity contribution in [2.45, 2.75) is 19.3 Å². The number of hydrogen-bond acceptors (Lipinski definition) is 6. The number of nitrogens with zero attached hydrogens (tertiary/aromatic N) is 2. The van der Waals surface area contributed by atoms with Gasteiger partial charge >= 0.3 is 6.03 Å². The first-order chi connectivity index (χ1) is 12.9. The molecule has 0 aromatic heterocycles. The summed E-state index contributed by atoms with van der Waals surface area (Å²) in [7, 11) is 0. The Morgan fingerprint density at radius 2 is 1.85 bits per heavy atom. The van der Waals surface area contributed by atoms with E-state index in [9.17, 15) is 24.8 Å². The van der Waals surface area contributed by atoms with Gasteiger partial charge in [-0.25, -0.2) is 9.69 Å². The summed E-state index contributed by atoms with van der Waals surface area (Å²) in [5.41, 5.74) is 0.391. The molecule has 1 aliphatic heterocycles. The van der Waals surface area contributed by atoms with Crippen molar-refractivity contribution in [2.24, 2.45) is 5.92 Å². The Balaban J connectivity index is 1.77. The summed E-state index contributed by atoms with van der Waals surface area (Å²) >= 11 is 0. The van der Waals surface area contributed by atoms with E-state index in [1.54, 1.807) is 30.3 Å². The molecular formula is C18H17N3O6. The molecule has 0 radical (unpaired) electrons. The first-order valence-electron chi connectivity index (χ1n) is 8.17. The summed E-state index contributed by atoms with van der Waals surface area (Å²) in [4.78, 5) is 35.8. The van der Waals surface area contributed by atoms with Crippen LogP contribution in [0.4, 0.5) is 16.2 Å². The van der Waals surface area contributed by atoms with E-state index >= 15 is 0 Å². The molecule has 2 N–H and O–H groups in total. The Morgan fingerprint density at radius 1 is 1.22 bits per heavy atom. The summed E-state index contributed by atoms with van der Waals surface area (Å²) in [6, 6.07) is 13.1. The van der Waals surface area contributed by atoms with Crippen LogP contribution in [-0.4, -0.2) is 39.2 Å². The van der Waals surface area contributed by atoms with Gasteiger partial charge in [0.15, 0.2) is 6.23 Å². The number of amides is 3. The number of benzene rings is 2. The highest BCUT2D eigenvalue weighted by atomic mass is 16.6. The monoisotopic (exact) mass is 371 g/mol. The quantitative estimate of drug-likeness (QED) is 0.473. The maximum Gasteiger partial charge on any atom is 0.331 e. The average molecular weight is 371 g/mol. The van der Waals surface area contributed by atoms with E-state index in [0.29, 0.717) is 5.69 Å². The number of β-lactam (4-membered cyclic amide) rings is 1. The number of hydrogen-bond donors (Lipinski definition) is 2.